The van der Waals surface area contributed by atoms with Crippen molar-refractivity contribution in [2.24, 2.45) is 0 Å². The van der Waals surface area contributed by atoms with Gasteiger partial charge in [-0.15, -0.1) is 0 Å². The number of carbonyl (C=O) groups excluding carboxylic acids is 1. The average molecular weight is 248 g/mol. The molecular formula is C12H13FN4O. The van der Waals surface area contributed by atoms with Crippen LogP contribution in [0.2, 0.25) is 0 Å². The predicted molar refractivity (Wildman–Crippen MR) is 66.7 cm³/mol. The van der Waals surface area contributed by atoms with Crippen LogP contribution in [0.3, 0.4) is 0 Å². The van der Waals surface area contributed by atoms with Gasteiger partial charge in [0, 0.05) is 17.4 Å². The Hall–Kier alpha value is -2.37. The molecule has 0 aliphatic heterocycles. The summed E-state index contributed by atoms with van der Waals surface area (Å²) in [6.45, 7) is 1.96. The summed E-state index contributed by atoms with van der Waals surface area (Å²) in [5.41, 5.74) is 6.63. The number of nitrogen functional groups attached to an aromatic ring is 1. The fourth-order valence-electron chi connectivity index (χ4n) is 1.51. The van der Waals surface area contributed by atoms with Gasteiger partial charge in [-0.1, -0.05) is 6.92 Å². The van der Waals surface area contributed by atoms with Crippen LogP contribution in [-0.2, 0) is 6.42 Å². The number of carbonyl (C=O) groups is 1. The van der Waals surface area contributed by atoms with Crippen molar-refractivity contribution in [1.29, 1.82) is 0 Å². The normalized spacial score (nSPS) is 10.3. The average Bonchev–Trinajstić information content (AvgIpc) is 2.80. The van der Waals surface area contributed by atoms with Gasteiger partial charge in [0.25, 0.3) is 5.91 Å². The van der Waals surface area contributed by atoms with Crippen molar-refractivity contribution in [2.45, 2.75) is 13.3 Å². The van der Waals surface area contributed by atoms with Gasteiger partial charge in [-0.25, -0.2) is 4.39 Å². The Labute approximate surface area is 103 Å². The molecule has 4 N–H and O–H groups in total. The van der Waals surface area contributed by atoms with Crippen LogP contribution in [-0.4, -0.2) is 16.1 Å². The molecule has 0 spiro atoms. The summed E-state index contributed by atoms with van der Waals surface area (Å²) in [5.74, 6) is -0.833. The molecule has 0 aliphatic carbocycles. The van der Waals surface area contributed by atoms with E-state index < -0.39 is 11.7 Å². The Bertz CT molecular complexity index is 579. The molecule has 0 atom stereocenters. The molecule has 5 nitrogen and oxygen atoms in total. The zero-order valence-electron chi connectivity index (χ0n) is 9.83. The van der Waals surface area contributed by atoms with Gasteiger partial charge in [0.1, 0.15) is 5.82 Å². The van der Waals surface area contributed by atoms with Gasteiger partial charge >= 0.3 is 0 Å². The van der Waals surface area contributed by atoms with Crippen LogP contribution in [0.5, 0.6) is 0 Å². The third-order valence-corrected chi connectivity index (χ3v) is 2.49. The smallest absolute Gasteiger partial charge is 0.259 e. The maximum Gasteiger partial charge on any atom is 0.259 e. The summed E-state index contributed by atoms with van der Waals surface area (Å²) >= 11 is 0. The molecule has 2 aromatic rings. The quantitative estimate of drug-likeness (QED) is 0.726. The molecule has 0 unspecified atom stereocenters. The van der Waals surface area contributed by atoms with Gasteiger partial charge in [0.05, 0.1) is 5.56 Å². The molecule has 1 aromatic carbocycles. The standard InChI is InChI=1S/C12H13FN4O/c1-2-8-6-11(17-16-8)15-12(18)9-5-7(14)3-4-10(9)13/h3-6H,2,14H2,1H3,(H2,15,16,17,18). The summed E-state index contributed by atoms with van der Waals surface area (Å²) in [5, 5.41) is 9.15. The van der Waals surface area contributed by atoms with E-state index in [0.29, 0.717) is 11.5 Å². The SMILES string of the molecule is CCc1cc(NC(=O)c2cc(N)ccc2F)n[nH]1. The van der Waals surface area contributed by atoms with Crippen LogP contribution in [0.1, 0.15) is 23.0 Å². The van der Waals surface area contributed by atoms with Crippen LogP contribution in [0.25, 0.3) is 0 Å². The van der Waals surface area contributed by atoms with Crippen molar-refractivity contribution in [3.05, 3.63) is 41.3 Å². The second-order valence-electron chi connectivity index (χ2n) is 3.83. The molecule has 0 saturated heterocycles. The Morgan fingerprint density at radius 1 is 1.50 bits per heavy atom. The number of nitrogens with zero attached hydrogens (tertiary/aromatic N) is 1. The minimum atomic E-state index is -0.618. The molecule has 0 radical (unpaired) electrons. The number of benzene rings is 1. The number of aromatic amines is 1. The van der Waals surface area contributed by atoms with Crippen molar-refractivity contribution in [2.75, 3.05) is 11.1 Å². The van der Waals surface area contributed by atoms with Crippen molar-refractivity contribution >= 4 is 17.4 Å². The first-order chi connectivity index (χ1) is 8.60. The van der Waals surface area contributed by atoms with Crippen LogP contribution in [0.15, 0.2) is 24.3 Å². The van der Waals surface area contributed by atoms with E-state index in [2.05, 4.69) is 15.5 Å². The van der Waals surface area contributed by atoms with E-state index >= 15 is 0 Å². The molecule has 94 valence electrons. The Balaban J connectivity index is 2.19. The third-order valence-electron chi connectivity index (χ3n) is 2.49. The predicted octanol–water partition coefficient (Wildman–Crippen LogP) is 1.95. The minimum absolute atomic E-state index is 0.101. The molecule has 18 heavy (non-hydrogen) atoms. The van der Waals surface area contributed by atoms with Gasteiger partial charge in [-0.2, -0.15) is 5.10 Å². The number of nitrogens with one attached hydrogen (secondary N) is 2. The summed E-state index contributed by atoms with van der Waals surface area (Å²) < 4.78 is 13.4. The van der Waals surface area contributed by atoms with Crippen LogP contribution in [0.4, 0.5) is 15.9 Å². The van der Waals surface area contributed by atoms with E-state index in [-0.39, 0.29) is 5.56 Å². The highest BCUT2D eigenvalue weighted by Crippen LogP contribution is 2.14. The highest BCUT2D eigenvalue weighted by molar-refractivity contribution is 6.04. The Kier molecular flexibility index (Phi) is 3.27. The van der Waals surface area contributed by atoms with E-state index in [9.17, 15) is 9.18 Å². The lowest BCUT2D eigenvalue weighted by atomic mass is 10.2. The number of H-pyrrole nitrogens is 1. The lowest BCUT2D eigenvalue weighted by Crippen LogP contribution is -2.14. The zero-order chi connectivity index (χ0) is 13.1. The molecule has 6 heteroatoms. The van der Waals surface area contributed by atoms with Crippen LogP contribution in [0, 0.1) is 5.82 Å². The van der Waals surface area contributed by atoms with E-state index in [0.717, 1.165) is 18.2 Å². The molecule has 0 saturated carbocycles. The fraction of sp³-hybridized carbons (Fsp3) is 0.167. The molecule has 0 fully saturated rings. The van der Waals surface area contributed by atoms with Gasteiger partial charge in [-0.05, 0) is 24.6 Å². The van der Waals surface area contributed by atoms with Crippen LogP contribution < -0.4 is 11.1 Å². The number of halogens is 1. The number of aromatic nitrogens is 2. The summed E-state index contributed by atoms with van der Waals surface area (Å²) in [4.78, 5) is 11.8. The molecule has 0 aliphatic rings. The number of hydrogen-bond acceptors (Lipinski definition) is 3. The van der Waals surface area contributed by atoms with E-state index in [1.807, 2.05) is 6.92 Å². The Morgan fingerprint density at radius 3 is 2.94 bits per heavy atom. The molecule has 0 bridgehead atoms. The summed E-state index contributed by atoms with van der Waals surface area (Å²) in [6.07, 6.45) is 0.773. The monoisotopic (exact) mass is 248 g/mol. The topological polar surface area (TPSA) is 83.8 Å². The van der Waals surface area contributed by atoms with Crippen molar-refractivity contribution < 1.29 is 9.18 Å². The van der Waals surface area contributed by atoms with E-state index in [1.54, 1.807) is 6.07 Å². The van der Waals surface area contributed by atoms with Crippen molar-refractivity contribution in [3.8, 4) is 0 Å². The maximum atomic E-state index is 13.4. The second-order valence-corrected chi connectivity index (χ2v) is 3.83. The minimum Gasteiger partial charge on any atom is -0.399 e. The van der Waals surface area contributed by atoms with Crippen molar-refractivity contribution in [3.63, 3.8) is 0 Å². The van der Waals surface area contributed by atoms with Gasteiger partial charge < -0.3 is 11.1 Å². The first-order valence-electron chi connectivity index (χ1n) is 5.51. The van der Waals surface area contributed by atoms with Gasteiger partial charge in [-0.3, -0.25) is 9.89 Å². The highest BCUT2D eigenvalue weighted by Gasteiger charge is 2.13. The van der Waals surface area contributed by atoms with E-state index in [4.69, 9.17) is 5.73 Å². The molecule has 1 amide bonds. The number of nitrogens with two attached hydrogens (primary N) is 1. The number of rotatable bonds is 3. The maximum absolute atomic E-state index is 13.4. The van der Waals surface area contributed by atoms with Gasteiger partial charge in [0.15, 0.2) is 5.82 Å². The fourth-order valence-corrected chi connectivity index (χ4v) is 1.51. The Morgan fingerprint density at radius 2 is 2.28 bits per heavy atom. The summed E-state index contributed by atoms with van der Waals surface area (Å²) in [6, 6.07) is 5.54. The lowest BCUT2D eigenvalue weighted by molar-refractivity contribution is 0.102. The molecular weight excluding hydrogens is 235 g/mol. The molecule has 2 rings (SSSR count). The lowest BCUT2D eigenvalue weighted by Gasteiger charge is -2.04. The van der Waals surface area contributed by atoms with Crippen molar-refractivity contribution in [1.82, 2.24) is 10.2 Å². The molecule has 1 aromatic heterocycles. The summed E-state index contributed by atoms with van der Waals surface area (Å²) in [7, 11) is 0. The first kappa shape index (κ1) is 12.1. The number of aryl methyl sites for hydroxylation is 1. The van der Waals surface area contributed by atoms with Gasteiger partial charge in [0.2, 0.25) is 0 Å². The van der Waals surface area contributed by atoms with E-state index in [1.165, 1.54) is 12.1 Å². The number of amides is 1. The highest BCUT2D eigenvalue weighted by atomic mass is 19.1. The first-order valence-corrected chi connectivity index (χ1v) is 5.51. The zero-order valence-corrected chi connectivity index (χ0v) is 9.83. The second kappa shape index (κ2) is 4.87. The third kappa shape index (κ3) is 2.48. The largest absolute Gasteiger partial charge is 0.399 e. The number of anilines is 2. The van der Waals surface area contributed by atoms with Crippen LogP contribution >= 0.6 is 0 Å². The number of hydrogen-bond donors (Lipinski definition) is 3. The molecule has 1 heterocycles.